The summed E-state index contributed by atoms with van der Waals surface area (Å²) in [7, 11) is 0. The van der Waals surface area contributed by atoms with E-state index >= 15 is 0 Å². The summed E-state index contributed by atoms with van der Waals surface area (Å²) in [5.41, 5.74) is 9.35. The molecule has 2 N–H and O–H groups in total. The third kappa shape index (κ3) is 2.49. The highest BCUT2D eigenvalue weighted by Crippen LogP contribution is 2.19. The van der Waals surface area contributed by atoms with E-state index in [2.05, 4.69) is 33.8 Å². The minimum absolute atomic E-state index is 0.561. The topological polar surface area (TPSA) is 43.8 Å². The Labute approximate surface area is 118 Å². The van der Waals surface area contributed by atoms with Crippen LogP contribution in [0.15, 0.2) is 67.0 Å². The van der Waals surface area contributed by atoms with Gasteiger partial charge in [0.15, 0.2) is 0 Å². The van der Waals surface area contributed by atoms with Gasteiger partial charge in [0.2, 0.25) is 0 Å². The molecule has 0 amide bonds. The minimum atomic E-state index is 0.561. The number of nitrogens with two attached hydrogens (primary N) is 1. The van der Waals surface area contributed by atoms with Crippen LogP contribution in [0, 0.1) is 0 Å². The number of hydrogen-bond donors (Lipinski definition) is 1. The van der Waals surface area contributed by atoms with E-state index in [1.54, 1.807) is 0 Å². The average Bonchev–Trinajstić information content (AvgIpc) is 2.97. The van der Waals surface area contributed by atoms with Crippen LogP contribution < -0.4 is 5.73 Å². The van der Waals surface area contributed by atoms with Crippen molar-refractivity contribution in [2.45, 2.75) is 13.1 Å². The number of imidazole rings is 1. The highest BCUT2D eigenvalue weighted by Gasteiger charge is 2.07. The van der Waals surface area contributed by atoms with Crippen LogP contribution in [-0.4, -0.2) is 9.55 Å². The molecular formula is C17H17N3. The summed E-state index contributed by atoms with van der Waals surface area (Å²) < 4.78 is 2.16. The molecule has 0 fully saturated rings. The molecule has 0 atom stereocenters. The molecule has 0 aliphatic heterocycles. The first-order chi connectivity index (χ1) is 9.88. The molecule has 0 saturated heterocycles. The quantitative estimate of drug-likeness (QED) is 0.786. The van der Waals surface area contributed by atoms with Gasteiger partial charge >= 0.3 is 0 Å². The monoisotopic (exact) mass is 263 g/mol. The van der Waals surface area contributed by atoms with E-state index in [0.29, 0.717) is 6.54 Å². The van der Waals surface area contributed by atoms with Crippen molar-refractivity contribution in [2.75, 3.05) is 0 Å². The standard InChI is InChI=1S/C17H17N3/c18-12-15-8-4-5-9-16(15)13-20-11-10-19-17(20)14-6-2-1-3-7-14/h1-11H,12-13,18H2. The van der Waals surface area contributed by atoms with E-state index in [0.717, 1.165) is 17.9 Å². The van der Waals surface area contributed by atoms with Crippen molar-refractivity contribution in [2.24, 2.45) is 5.73 Å². The maximum absolute atomic E-state index is 5.80. The van der Waals surface area contributed by atoms with E-state index in [1.807, 2.05) is 42.7 Å². The Hall–Kier alpha value is -2.39. The van der Waals surface area contributed by atoms with Crippen LogP contribution in [0.3, 0.4) is 0 Å². The summed E-state index contributed by atoms with van der Waals surface area (Å²) >= 11 is 0. The Balaban J connectivity index is 1.95. The van der Waals surface area contributed by atoms with Crippen LogP contribution in [0.2, 0.25) is 0 Å². The lowest BCUT2D eigenvalue weighted by atomic mass is 10.1. The smallest absolute Gasteiger partial charge is 0.140 e. The van der Waals surface area contributed by atoms with Crippen LogP contribution >= 0.6 is 0 Å². The third-order valence-electron chi connectivity index (χ3n) is 3.43. The van der Waals surface area contributed by atoms with Gasteiger partial charge in [0.05, 0.1) is 0 Å². The number of nitrogens with zero attached hydrogens (tertiary/aromatic N) is 2. The van der Waals surface area contributed by atoms with Gasteiger partial charge in [0, 0.05) is 31.0 Å². The predicted molar refractivity (Wildman–Crippen MR) is 81.1 cm³/mol. The van der Waals surface area contributed by atoms with Crippen molar-refractivity contribution in [1.29, 1.82) is 0 Å². The van der Waals surface area contributed by atoms with Crippen LogP contribution in [0.1, 0.15) is 11.1 Å². The molecule has 0 unspecified atom stereocenters. The van der Waals surface area contributed by atoms with E-state index < -0.39 is 0 Å². The molecule has 100 valence electrons. The summed E-state index contributed by atoms with van der Waals surface area (Å²) in [6.07, 6.45) is 3.85. The fourth-order valence-electron chi connectivity index (χ4n) is 2.38. The Morgan fingerprint density at radius 1 is 0.900 bits per heavy atom. The van der Waals surface area contributed by atoms with Gasteiger partial charge in [-0.2, -0.15) is 0 Å². The second-order valence-electron chi connectivity index (χ2n) is 4.72. The largest absolute Gasteiger partial charge is 0.327 e. The van der Waals surface area contributed by atoms with Gasteiger partial charge < -0.3 is 10.3 Å². The molecule has 0 aliphatic carbocycles. The van der Waals surface area contributed by atoms with Crippen LogP contribution in [0.4, 0.5) is 0 Å². The zero-order valence-corrected chi connectivity index (χ0v) is 11.2. The van der Waals surface area contributed by atoms with Crippen molar-refractivity contribution in [3.05, 3.63) is 78.1 Å². The Morgan fingerprint density at radius 2 is 1.60 bits per heavy atom. The molecule has 3 aromatic rings. The van der Waals surface area contributed by atoms with Gasteiger partial charge in [0.1, 0.15) is 5.82 Å². The average molecular weight is 263 g/mol. The third-order valence-corrected chi connectivity index (χ3v) is 3.43. The Morgan fingerprint density at radius 3 is 2.35 bits per heavy atom. The lowest BCUT2D eigenvalue weighted by Crippen LogP contribution is -2.06. The highest BCUT2D eigenvalue weighted by atomic mass is 15.1. The first-order valence-corrected chi connectivity index (χ1v) is 6.72. The molecule has 0 bridgehead atoms. The van der Waals surface area contributed by atoms with Gasteiger partial charge in [-0.05, 0) is 11.1 Å². The molecule has 3 rings (SSSR count). The van der Waals surface area contributed by atoms with Gasteiger partial charge in [-0.1, -0.05) is 54.6 Å². The van der Waals surface area contributed by atoms with Crippen LogP contribution in [0.25, 0.3) is 11.4 Å². The van der Waals surface area contributed by atoms with Gasteiger partial charge in [-0.25, -0.2) is 4.98 Å². The maximum atomic E-state index is 5.80. The van der Waals surface area contributed by atoms with E-state index in [1.165, 1.54) is 11.1 Å². The number of rotatable bonds is 4. The van der Waals surface area contributed by atoms with Gasteiger partial charge in [-0.3, -0.25) is 0 Å². The molecular weight excluding hydrogens is 246 g/mol. The fraction of sp³-hybridized carbons (Fsp3) is 0.118. The summed E-state index contributed by atoms with van der Waals surface area (Å²) in [5, 5.41) is 0. The molecule has 0 spiro atoms. The van der Waals surface area contributed by atoms with E-state index in [-0.39, 0.29) is 0 Å². The molecule has 0 aliphatic rings. The normalized spacial score (nSPS) is 10.7. The van der Waals surface area contributed by atoms with Crippen molar-refractivity contribution in [3.63, 3.8) is 0 Å². The predicted octanol–water partition coefficient (Wildman–Crippen LogP) is 3.06. The zero-order chi connectivity index (χ0) is 13.8. The van der Waals surface area contributed by atoms with E-state index in [4.69, 9.17) is 5.73 Å². The molecule has 0 radical (unpaired) electrons. The number of hydrogen-bond acceptors (Lipinski definition) is 2. The molecule has 0 saturated carbocycles. The zero-order valence-electron chi connectivity index (χ0n) is 11.2. The number of aromatic nitrogens is 2. The summed E-state index contributed by atoms with van der Waals surface area (Å²) in [5.74, 6) is 0.984. The summed E-state index contributed by atoms with van der Waals surface area (Å²) in [6.45, 7) is 1.35. The van der Waals surface area contributed by atoms with Crippen LogP contribution in [-0.2, 0) is 13.1 Å². The maximum Gasteiger partial charge on any atom is 0.140 e. The van der Waals surface area contributed by atoms with Crippen molar-refractivity contribution < 1.29 is 0 Å². The molecule has 2 aromatic carbocycles. The van der Waals surface area contributed by atoms with Crippen molar-refractivity contribution in [1.82, 2.24) is 9.55 Å². The SMILES string of the molecule is NCc1ccccc1Cn1ccnc1-c1ccccc1. The first-order valence-electron chi connectivity index (χ1n) is 6.72. The Bertz CT molecular complexity index is 686. The molecule has 20 heavy (non-hydrogen) atoms. The second-order valence-corrected chi connectivity index (χ2v) is 4.72. The van der Waals surface area contributed by atoms with Crippen molar-refractivity contribution in [3.8, 4) is 11.4 Å². The minimum Gasteiger partial charge on any atom is -0.327 e. The lowest BCUT2D eigenvalue weighted by molar-refractivity contribution is 0.794. The first kappa shape index (κ1) is 12.6. The summed E-state index contributed by atoms with van der Waals surface area (Å²) in [4.78, 5) is 4.47. The van der Waals surface area contributed by atoms with Crippen molar-refractivity contribution >= 4 is 0 Å². The fourth-order valence-corrected chi connectivity index (χ4v) is 2.38. The summed E-state index contributed by atoms with van der Waals surface area (Å²) in [6, 6.07) is 18.5. The highest BCUT2D eigenvalue weighted by molar-refractivity contribution is 5.55. The van der Waals surface area contributed by atoms with Crippen LogP contribution in [0.5, 0.6) is 0 Å². The number of benzene rings is 2. The van der Waals surface area contributed by atoms with Gasteiger partial charge in [0.25, 0.3) is 0 Å². The lowest BCUT2D eigenvalue weighted by Gasteiger charge is -2.11. The molecule has 1 aromatic heterocycles. The molecule has 1 heterocycles. The molecule has 3 nitrogen and oxygen atoms in total. The van der Waals surface area contributed by atoms with E-state index in [9.17, 15) is 0 Å². The molecule has 3 heteroatoms. The second kappa shape index (κ2) is 5.72. The Kier molecular flexibility index (Phi) is 3.61. The van der Waals surface area contributed by atoms with Gasteiger partial charge in [-0.15, -0.1) is 0 Å².